The van der Waals surface area contributed by atoms with E-state index in [1.165, 1.54) is 43.4 Å². The maximum atomic E-state index is 3.49. The Kier molecular flexibility index (Phi) is 3.79. The number of rotatable bonds is 4. The topological polar surface area (TPSA) is 3.24 Å². The molecule has 0 aromatic heterocycles. The van der Waals surface area contributed by atoms with Gasteiger partial charge in [0.1, 0.15) is 0 Å². The maximum Gasteiger partial charge on any atom is 0.0966 e. The van der Waals surface area contributed by atoms with Gasteiger partial charge in [0.2, 0.25) is 0 Å². The van der Waals surface area contributed by atoms with Crippen molar-refractivity contribution >= 4 is 0 Å². The lowest BCUT2D eigenvalue weighted by Crippen LogP contribution is -2.29. The highest BCUT2D eigenvalue weighted by Crippen LogP contribution is 2.20. The number of hydrogen-bond donors (Lipinski definition) is 0. The summed E-state index contributed by atoms with van der Waals surface area (Å²) >= 11 is 0. The molecule has 15 heavy (non-hydrogen) atoms. The third-order valence-electron chi connectivity index (χ3n) is 2.98. The third kappa shape index (κ3) is 2.82. The Bertz CT molecular complexity index is 306. The van der Waals surface area contributed by atoms with E-state index in [1.54, 1.807) is 0 Å². The molecular weight excluding hydrogens is 182 g/mol. The predicted molar refractivity (Wildman–Crippen MR) is 63.6 cm³/mol. The summed E-state index contributed by atoms with van der Waals surface area (Å²) in [5, 5.41) is 0. The molecule has 0 N–H and O–H groups in total. The van der Waals surface area contributed by atoms with Gasteiger partial charge in [-0.15, -0.1) is 0 Å². The van der Waals surface area contributed by atoms with Crippen molar-refractivity contribution in [3.05, 3.63) is 41.9 Å². The summed E-state index contributed by atoms with van der Waals surface area (Å²) in [5.74, 6) is 0. The molecule has 0 amide bonds. The van der Waals surface area contributed by atoms with Crippen molar-refractivity contribution in [3.63, 3.8) is 0 Å². The van der Waals surface area contributed by atoms with E-state index in [0.717, 1.165) is 6.54 Å². The van der Waals surface area contributed by atoms with E-state index in [-0.39, 0.29) is 0 Å². The molecule has 80 valence electrons. The third-order valence-corrected chi connectivity index (χ3v) is 2.98. The van der Waals surface area contributed by atoms with Crippen LogP contribution in [0, 0.1) is 6.54 Å². The van der Waals surface area contributed by atoms with Gasteiger partial charge in [-0.3, -0.25) is 4.90 Å². The minimum absolute atomic E-state index is 1.14. The SMILES string of the molecule is CCCCCN1[C]c2ccccc2CC1. The van der Waals surface area contributed by atoms with Crippen molar-refractivity contribution in [1.29, 1.82) is 0 Å². The second kappa shape index (κ2) is 5.32. The zero-order chi connectivity index (χ0) is 10.5. The quantitative estimate of drug-likeness (QED) is 0.676. The van der Waals surface area contributed by atoms with Crippen LogP contribution in [0.5, 0.6) is 0 Å². The predicted octanol–water partition coefficient (Wildman–Crippen LogP) is 3.12. The summed E-state index contributed by atoms with van der Waals surface area (Å²) in [6.45, 7) is 8.05. The highest BCUT2D eigenvalue weighted by molar-refractivity contribution is 5.34. The van der Waals surface area contributed by atoms with E-state index in [0.29, 0.717) is 0 Å². The molecular formula is C14H19N. The van der Waals surface area contributed by atoms with E-state index in [9.17, 15) is 0 Å². The molecule has 2 radical (unpaired) electrons. The first-order valence-corrected chi connectivity index (χ1v) is 5.99. The minimum atomic E-state index is 1.14. The van der Waals surface area contributed by atoms with Crippen LogP contribution < -0.4 is 0 Å². The van der Waals surface area contributed by atoms with Crippen molar-refractivity contribution in [1.82, 2.24) is 4.90 Å². The van der Waals surface area contributed by atoms with Crippen molar-refractivity contribution in [2.24, 2.45) is 0 Å². The van der Waals surface area contributed by atoms with Gasteiger partial charge in [0.05, 0.1) is 6.54 Å². The van der Waals surface area contributed by atoms with Crippen LogP contribution >= 0.6 is 0 Å². The molecule has 1 aliphatic rings. The molecule has 0 saturated carbocycles. The molecule has 0 aliphatic carbocycles. The van der Waals surface area contributed by atoms with Gasteiger partial charge in [-0.1, -0.05) is 44.0 Å². The van der Waals surface area contributed by atoms with Crippen molar-refractivity contribution in [2.45, 2.75) is 32.6 Å². The molecule has 1 aromatic carbocycles. The van der Waals surface area contributed by atoms with E-state index in [4.69, 9.17) is 0 Å². The van der Waals surface area contributed by atoms with Gasteiger partial charge in [0, 0.05) is 6.54 Å². The van der Waals surface area contributed by atoms with Crippen LogP contribution in [0.2, 0.25) is 0 Å². The summed E-state index contributed by atoms with van der Waals surface area (Å²) in [5.41, 5.74) is 2.74. The first kappa shape index (κ1) is 10.7. The van der Waals surface area contributed by atoms with Gasteiger partial charge in [-0.2, -0.15) is 0 Å². The van der Waals surface area contributed by atoms with Crippen molar-refractivity contribution in [2.75, 3.05) is 13.1 Å². The lowest BCUT2D eigenvalue weighted by molar-refractivity contribution is 0.326. The Morgan fingerprint density at radius 2 is 2.13 bits per heavy atom. The number of fused-ring (bicyclic) bond motifs is 1. The lowest BCUT2D eigenvalue weighted by atomic mass is 10.00. The zero-order valence-corrected chi connectivity index (χ0v) is 9.50. The molecule has 0 atom stereocenters. The molecule has 1 aliphatic heterocycles. The van der Waals surface area contributed by atoms with Crippen LogP contribution in [0.15, 0.2) is 24.3 Å². The van der Waals surface area contributed by atoms with Crippen molar-refractivity contribution < 1.29 is 0 Å². The average Bonchev–Trinajstić information content (AvgIpc) is 2.29. The fourth-order valence-electron chi connectivity index (χ4n) is 2.05. The van der Waals surface area contributed by atoms with Crippen LogP contribution in [-0.4, -0.2) is 18.0 Å². The molecule has 0 spiro atoms. The van der Waals surface area contributed by atoms with E-state index in [2.05, 4.69) is 42.6 Å². The fourth-order valence-corrected chi connectivity index (χ4v) is 2.05. The first-order valence-electron chi connectivity index (χ1n) is 5.99. The fraction of sp³-hybridized carbons (Fsp3) is 0.500. The van der Waals surface area contributed by atoms with Gasteiger partial charge < -0.3 is 0 Å². The number of benzene rings is 1. The Balaban J connectivity index is 1.88. The van der Waals surface area contributed by atoms with Crippen LogP contribution in [0.3, 0.4) is 0 Å². The smallest absolute Gasteiger partial charge is 0.0966 e. The van der Waals surface area contributed by atoms with E-state index >= 15 is 0 Å². The van der Waals surface area contributed by atoms with Gasteiger partial charge in [-0.25, -0.2) is 0 Å². The average molecular weight is 201 g/mol. The molecule has 1 heteroatoms. The standard InChI is InChI=1S/C14H19N/c1-2-3-6-10-15-11-9-13-7-4-5-8-14(13)12-15/h4-5,7-8H,2-3,6,9-11H2,1H3. The number of nitrogens with zero attached hydrogens (tertiary/aromatic N) is 1. The van der Waals surface area contributed by atoms with Crippen LogP contribution in [0.4, 0.5) is 0 Å². The zero-order valence-electron chi connectivity index (χ0n) is 9.50. The highest BCUT2D eigenvalue weighted by atomic mass is 15.1. The molecule has 2 rings (SSSR count). The Labute approximate surface area is 93.1 Å². The summed E-state index contributed by atoms with van der Waals surface area (Å²) in [6, 6.07) is 8.60. The van der Waals surface area contributed by atoms with Gasteiger partial charge in [-0.05, 0) is 30.5 Å². The summed E-state index contributed by atoms with van der Waals surface area (Å²) in [7, 11) is 0. The lowest BCUT2D eigenvalue weighted by Gasteiger charge is -2.27. The van der Waals surface area contributed by atoms with Crippen LogP contribution in [0.25, 0.3) is 0 Å². The normalized spacial score (nSPS) is 16.3. The first-order chi connectivity index (χ1) is 7.40. The summed E-state index contributed by atoms with van der Waals surface area (Å²) in [6.07, 6.45) is 5.10. The van der Waals surface area contributed by atoms with Crippen LogP contribution in [-0.2, 0) is 6.42 Å². The summed E-state index contributed by atoms with van der Waals surface area (Å²) in [4.78, 5) is 2.35. The van der Waals surface area contributed by atoms with Gasteiger partial charge >= 0.3 is 0 Å². The van der Waals surface area contributed by atoms with E-state index in [1.807, 2.05) is 0 Å². The van der Waals surface area contributed by atoms with Crippen LogP contribution in [0.1, 0.15) is 37.3 Å². The van der Waals surface area contributed by atoms with Gasteiger partial charge in [0.15, 0.2) is 0 Å². The Morgan fingerprint density at radius 1 is 1.27 bits per heavy atom. The second-order valence-corrected chi connectivity index (χ2v) is 4.21. The molecule has 0 bridgehead atoms. The highest BCUT2D eigenvalue weighted by Gasteiger charge is 2.15. The van der Waals surface area contributed by atoms with Gasteiger partial charge in [0.25, 0.3) is 0 Å². The molecule has 0 fully saturated rings. The number of hydrogen-bond acceptors (Lipinski definition) is 1. The molecule has 0 saturated heterocycles. The summed E-state index contributed by atoms with van der Waals surface area (Å²) < 4.78 is 0. The Hall–Kier alpha value is -0.820. The largest absolute Gasteiger partial charge is 0.289 e. The van der Waals surface area contributed by atoms with Crippen molar-refractivity contribution in [3.8, 4) is 0 Å². The monoisotopic (exact) mass is 201 g/mol. The maximum absolute atomic E-state index is 3.49. The molecule has 1 aromatic rings. The molecule has 0 unspecified atom stereocenters. The number of unbranched alkanes of at least 4 members (excludes halogenated alkanes) is 2. The Morgan fingerprint density at radius 3 is 3.00 bits per heavy atom. The molecule has 1 heterocycles. The minimum Gasteiger partial charge on any atom is -0.289 e. The second-order valence-electron chi connectivity index (χ2n) is 4.21. The molecule has 1 nitrogen and oxygen atoms in total. The van der Waals surface area contributed by atoms with E-state index < -0.39 is 0 Å².